The highest BCUT2D eigenvalue weighted by Gasteiger charge is 2.12. The van der Waals surface area contributed by atoms with Gasteiger partial charge >= 0.3 is 0 Å². The van der Waals surface area contributed by atoms with Crippen molar-refractivity contribution >= 4 is 22.7 Å². The molecule has 6 heteroatoms. The number of rotatable bonds is 5. The monoisotopic (exact) mass is 341 g/mol. The second-order valence-corrected chi connectivity index (χ2v) is 6.67. The van der Waals surface area contributed by atoms with E-state index in [-0.39, 0.29) is 5.60 Å². The normalized spacial score (nSPS) is 11.4. The first-order valence-corrected chi connectivity index (χ1v) is 8.06. The Morgan fingerprint density at radius 1 is 0.960 bits per heavy atom. The van der Waals surface area contributed by atoms with Crippen LogP contribution >= 0.6 is 0 Å². The number of methoxy groups -OCH3 is 2. The molecule has 0 fully saturated rings. The number of aromatic amines is 1. The van der Waals surface area contributed by atoms with E-state index in [2.05, 4.69) is 15.3 Å². The number of hydrogen-bond acceptors (Lipinski definition) is 5. The van der Waals surface area contributed by atoms with Crippen molar-refractivity contribution in [3.8, 4) is 17.2 Å². The zero-order chi connectivity index (χ0) is 18.0. The lowest BCUT2D eigenvalue weighted by Crippen LogP contribution is -2.22. The largest absolute Gasteiger partial charge is 0.493 e. The average molecular weight is 341 g/mol. The first-order valence-electron chi connectivity index (χ1n) is 8.06. The SMILES string of the molecule is COc1cc2nc(Nc3ccc(OC(C)(C)C)cc3)[nH]c2cc1OC. The summed E-state index contributed by atoms with van der Waals surface area (Å²) in [5.41, 5.74) is 2.37. The molecule has 0 spiro atoms. The maximum absolute atomic E-state index is 5.83. The maximum Gasteiger partial charge on any atom is 0.205 e. The molecule has 3 aromatic rings. The quantitative estimate of drug-likeness (QED) is 0.715. The third-order valence-electron chi connectivity index (χ3n) is 3.53. The van der Waals surface area contributed by atoms with Gasteiger partial charge in [-0.25, -0.2) is 4.98 Å². The summed E-state index contributed by atoms with van der Waals surface area (Å²) in [5.74, 6) is 2.79. The molecule has 2 N–H and O–H groups in total. The minimum Gasteiger partial charge on any atom is -0.493 e. The van der Waals surface area contributed by atoms with Crippen molar-refractivity contribution in [3.05, 3.63) is 36.4 Å². The molecule has 1 aromatic heterocycles. The molecule has 0 amide bonds. The van der Waals surface area contributed by atoms with Crippen molar-refractivity contribution in [1.29, 1.82) is 0 Å². The summed E-state index contributed by atoms with van der Waals surface area (Å²) in [7, 11) is 3.22. The molecule has 132 valence electrons. The Morgan fingerprint density at radius 2 is 1.60 bits per heavy atom. The van der Waals surface area contributed by atoms with Crippen LogP contribution in [0.15, 0.2) is 36.4 Å². The minimum absolute atomic E-state index is 0.216. The van der Waals surface area contributed by atoms with E-state index < -0.39 is 0 Å². The van der Waals surface area contributed by atoms with Gasteiger partial charge in [0.15, 0.2) is 11.5 Å². The molecule has 0 aliphatic carbocycles. The number of benzene rings is 2. The molecule has 0 atom stereocenters. The van der Waals surface area contributed by atoms with Crippen molar-refractivity contribution in [1.82, 2.24) is 9.97 Å². The molecule has 0 saturated heterocycles. The van der Waals surface area contributed by atoms with Crippen LogP contribution in [0, 0.1) is 0 Å². The number of hydrogen-bond donors (Lipinski definition) is 2. The van der Waals surface area contributed by atoms with Crippen molar-refractivity contribution < 1.29 is 14.2 Å². The van der Waals surface area contributed by atoms with Gasteiger partial charge in [-0.05, 0) is 45.0 Å². The zero-order valence-corrected chi connectivity index (χ0v) is 15.1. The topological polar surface area (TPSA) is 68.4 Å². The minimum atomic E-state index is -0.216. The maximum atomic E-state index is 5.83. The van der Waals surface area contributed by atoms with Crippen LogP contribution in [-0.2, 0) is 0 Å². The van der Waals surface area contributed by atoms with Gasteiger partial charge in [-0.2, -0.15) is 0 Å². The molecule has 0 aliphatic heterocycles. The van der Waals surface area contributed by atoms with Crippen LogP contribution in [-0.4, -0.2) is 29.8 Å². The molecule has 0 radical (unpaired) electrons. The first-order chi connectivity index (χ1) is 11.9. The van der Waals surface area contributed by atoms with E-state index in [4.69, 9.17) is 14.2 Å². The number of fused-ring (bicyclic) bond motifs is 1. The predicted molar refractivity (Wildman–Crippen MR) is 99.3 cm³/mol. The zero-order valence-electron chi connectivity index (χ0n) is 15.1. The molecule has 1 heterocycles. The highest BCUT2D eigenvalue weighted by atomic mass is 16.5. The number of imidazole rings is 1. The third-order valence-corrected chi connectivity index (χ3v) is 3.53. The Bertz CT molecular complexity index is 823. The second-order valence-electron chi connectivity index (χ2n) is 6.67. The number of aromatic nitrogens is 2. The van der Waals surface area contributed by atoms with Gasteiger partial charge in [-0.1, -0.05) is 0 Å². The highest BCUT2D eigenvalue weighted by molar-refractivity contribution is 5.82. The lowest BCUT2D eigenvalue weighted by molar-refractivity contribution is 0.131. The van der Waals surface area contributed by atoms with E-state index in [1.54, 1.807) is 14.2 Å². The van der Waals surface area contributed by atoms with Gasteiger partial charge in [0.1, 0.15) is 11.4 Å². The van der Waals surface area contributed by atoms with Gasteiger partial charge in [0.05, 0.1) is 25.3 Å². The van der Waals surface area contributed by atoms with Crippen molar-refractivity contribution in [2.45, 2.75) is 26.4 Å². The summed E-state index contributed by atoms with van der Waals surface area (Å²) in [4.78, 5) is 7.77. The summed E-state index contributed by atoms with van der Waals surface area (Å²) < 4.78 is 16.5. The van der Waals surface area contributed by atoms with Crippen LogP contribution in [0.5, 0.6) is 17.2 Å². The van der Waals surface area contributed by atoms with E-state index in [0.29, 0.717) is 17.4 Å². The third kappa shape index (κ3) is 3.96. The van der Waals surface area contributed by atoms with Gasteiger partial charge in [-0.3, -0.25) is 0 Å². The van der Waals surface area contributed by atoms with Gasteiger partial charge in [-0.15, -0.1) is 0 Å². The highest BCUT2D eigenvalue weighted by Crippen LogP contribution is 2.32. The Hall–Kier alpha value is -2.89. The summed E-state index contributed by atoms with van der Waals surface area (Å²) >= 11 is 0. The van der Waals surface area contributed by atoms with E-state index in [9.17, 15) is 0 Å². The van der Waals surface area contributed by atoms with E-state index >= 15 is 0 Å². The average Bonchev–Trinajstić information content (AvgIpc) is 2.95. The molecule has 0 unspecified atom stereocenters. The Kier molecular flexibility index (Phi) is 4.44. The molecule has 0 aliphatic rings. The number of nitrogens with one attached hydrogen (secondary N) is 2. The fourth-order valence-electron chi connectivity index (χ4n) is 2.49. The van der Waals surface area contributed by atoms with Crippen LogP contribution < -0.4 is 19.5 Å². The van der Waals surface area contributed by atoms with Crippen molar-refractivity contribution in [3.63, 3.8) is 0 Å². The molecule has 0 saturated carbocycles. The van der Waals surface area contributed by atoms with Crippen molar-refractivity contribution in [2.24, 2.45) is 0 Å². The standard InChI is InChI=1S/C19H23N3O3/c1-19(2,3)25-13-8-6-12(7-9-13)20-18-21-14-10-16(23-4)17(24-5)11-15(14)22-18/h6-11H,1-5H3,(H2,20,21,22). The molecule has 6 nitrogen and oxygen atoms in total. The van der Waals surface area contributed by atoms with Crippen LogP contribution in [0.2, 0.25) is 0 Å². The molecule has 0 bridgehead atoms. The fourth-order valence-corrected chi connectivity index (χ4v) is 2.49. The van der Waals surface area contributed by atoms with Gasteiger partial charge in [0.25, 0.3) is 0 Å². The summed E-state index contributed by atoms with van der Waals surface area (Å²) in [6.45, 7) is 6.07. The molecule has 2 aromatic carbocycles. The van der Waals surface area contributed by atoms with Crippen LogP contribution in [0.3, 0.4) is 0 Å². The van der Waals surface area contributed by atoms with Gasteiger partial charge < -0.3 is 24.5 Å². The predicted octanol–water partition coefficient (Wildman–Crippen LogP) is 4.50. The lowest BCUT2D eigenvalue weighted by Gasteiger charge is -2.21. The Morgan fingerprint density at radius 3 is 2.20 bits per heavy atom. The number of anilines is 2. The van der Waals surface area contributed by atoms with Gasteiger partial charge in [0.2, 0.25) is 5.95 Å². The first kappa shape index (κ1) is 17.0. The molecular weight excluding hydrogens is 318 g/mol. The van der Waals surface area contributed by atoms with E-state index in [1.165, 1.54) is 0 Å². The molecule has 3 rings (SSSR count). The smallest absolute Gasteiger partial charge is 0.205 e. The molecular formula is C19H23N3O3. The van der Waals surface area contributed by atoms with Crippen LogP contribution in [0.25, 0.3) is 11.0 Å². The summed E-state index contributed by atoms with van der Waals surface area (Å²) in [6, 6.07) is 11.5. The van der Waals surface area contributed by atoms with Crippen molar-refractivity contribution in [2.75, 3.05) is 19.5 Å². The van der Waals surface area contributed by atoms with Gasteiger partial charge in [0, 0.05) is 17.8 Å². The summed E-state index contributed by atoms with van der Waals surface area (Å²) in [5, 5.41) is 3.25. The number of H-pyrrole nitrogens is 1. The number of ether oxygens (including phenoxy) is 3. The van der Waals surface area contributed by atoms with E-state index in [1.807, 2.05) is 57.2 Å². The van der Waals surface area contributed by atoms with Crippen LogP contribution in [0.4, 0.5) is 11.6 Å². The Balaban J connectivity index is 1.80. The molecule has 25 heavy (non-hydrogen) atoms. The fraction of sp³-hybridized carbons (Fsp3) is 0.316. The summed E-state index contributed by atoms with van der Waals surface area (Å²) in [6.07, 6.45) is 0. The Labute approximate surface area is 147 Å². The number of nitrogens with zero attached hydrogens (tertiary/aromatic N) is 1. The lowest BCUT2D eigenvalue weighted by atomic mass is 10.2. The van der Waals surface area contributed by atoms with Crippen LogP contribution in [0.1, 0.15) is 20.8 Å². The second kappa shape index (κ2) is 6.55. The van der Waals surface area contributed by atoms with E-state index in [0.717, 1.165) is 22.5 Å².